The molecular formula is C18H16ClFN2O4. The van der Waals surface area contributed by atoms with Crippen molar-refractivity contribution in [2.24, 2.45) is 5.73 Å². The molecule has 0 aromatic heterocycles. The molecule has 0 spiro atoms. The van der Waals surface area contributed by atoms with Crippen LogP contribution >= 0.6 is 11.6 Å². The van der Waals surface area contributed by atoms with Crippen LogP contribution < -0.4 is 11.1 Å². The van der Waals surface area contributed by atoms with Crippen LogP contribution in [0, 0.1) is 5.82 Å². The number of benzene rings is 2. The molecule has 26 heavy (non-hydrogen) atoms. The van der Waals surface area contributed by atoms with Crippen molar-refractivity contribution in [3.63, 3.8) is 0 Å². The van der Waals surface area contributed by atoms with Crippen LogP contribution in [-0.4, -0.2) is 23.8 Å². The molecule has 136 valence electrons. The molecule has 0 saturated carbocycles. The van der Waals surface area contributed by atoms with Crippen LogP contribution in [0.3, 0.4) is 0 Å². The molecule has 2 aromatic carbocycles. The molecule has 2 amide bonds. The summed E-state index contributed by atoms with van der Waals surface area (Å²) in [6, 6.07) is 10.1. The van der Waals surface area contributed by atoms with Gasteiger partial charge in [0.05, 0.1) is 6.42 Å². The molecule has 1 unspecified atom stereocenters. The van der Waals surface area contributed by atoms with E-state index < -0.39 is 36.1 Å². The van der Waals surface area contributed by atoms with Crippen LogP contribution in [0.2, 0.25) is 5.02 Å². The van der Waals surface area contributed by atoms with Crippen molar-refractivity contribution in [3.05, 3.63) is 70.5 Å². The van der Waals surface area contributed by atoms with Crippen molar-refractivity contribution in [2.45, 2.75) is 19.1 Å². The van der Waals surface area contributed by atoms with Gasteiger partial charge < -0.3 is 15.8 Å². The first-order chi connectivity index (χ1) is 12.3. The third-order valence-electron chi connectivity index (χ3n) is 3.40. The van der Waals surface area contributed by atoms with Gasteiger partial charge in [0.25, 0.3) is 5.91 Å². The molecule has 8 heteroatoms. The molecule has 0 aliphatic carbocycles. The maximum Gasteiger partial charge on any atom is 0.329 e. The van der Waals surface area contributed by atoms with E-state index in [4.69, 9.17) is 22.1 Å². The standard InChI is InChI=1S/C18H16ClFN2O4/c19-13-5-3-12(4-6-13)17(24)22-15(9-16(21)23)18(25)26-10-11-1-7-14(20)8-2-11/h1-8,15H,9-10H2,(H2,21,23)(H,22,24). The van der Waals surface area contributed by atoms with Crippen molar-refractivity contribution in [3.8, 4) is 0 Å². The molecule has 2 aromatic rings. The summed E-state index contributed by atoms with van der Waals surface area (Å²) < 4.78 is 18.0. The van der Waals surface area contributed by atoms with Crippen LogP contribution in [0.4, 0.5) is 4.39 Å². The van der Waals surface area contributed by atoms with Gasteiger partial charge in [0.15, 0.2) is 0 Å². The lowest BCUT2D eigenvalue weighted by Crippen LogP contribution is -2.44. The highest BCUT2D eigenvalue weighted by Crippen LogP contribution is 2.10. The summed E-state index contributed by atoms with van der Waals surface area (Å²) in [5, 5.41) is 2.86. The highest BCUT2D eigenvalue weighted by Gasteiger charge is 2.25. The summed E-state index contributed by atoms with van der Waals surface area (Å²) in [5.41, 5.74) is 5.95. The van der Waals surface area contributed by atoms with Gasteiger partial charge in [0.1, 0.15) is 18.5 Å². The second-order valence-corrected chi connectivity index (χ2v) is 5.87. The Morgan fingerprint density at radius 3 is 2.27 bits per heavy atom. The molecule has 0 radical (unpaired) electrons. The first-order valence-electron chi connectivity index (χ1n) is 7.61. The molecule has 0 saturated heterocycles. The summed E-state index contributed by atoms with van der Waals surface area (Å²) >= 11 is 5.76. The Bertz CT molecular complexity index is 794. The summed E-state index contributed by atoms with van der Waals surface area (Å²) in [6.45, 7) is -0.134. The fraction of sp³-hybridized carbons (Fsp3) is 0.167. The lowest BCUT2D eigenvalue weighted by molar-refractivity contribution is -0.148. The fourth-order valence-corrected chi connectivity index (χ4v) is 2.20. The third-order valence-corrected chi connectivity index (χ3v) is 3.65. The van der Waals surface area contributed by atoms with Crippen LogP contribution in [0.1, 0.15) is 22.3 Å². The van der Waals surface area contributed by atoms with E-state index in [0.717, 1.165) is 0 Å². The average Bonchev–Trinajstić information content (AvgIpc) is 2.60. The lowest BCUT2D eigenvalue weighted by atomic mass is 10.1. The van der Waals surface area contributed by atoms with Crippen LogP contribution in [0.25, 0.3) is 0 Å². The zero-order valence-corrected chi connectivity index (χ0v) is 14.3. The third kappa shape index (κ3) is 5.86. The quantitative estimate of drug-likeness (QED) is 0.721. The van der Waals surface area contributed by atoms with Crippen molar-refractivity contribution < 1.29 is 23.5 Å². The van der Waals surface area contributed by atoms with Gasteiger partial charge in [0, 0.05) is 10.6 Å². The molecule has 0 fully saturated rings. The van der Waals surface area contributed by atoms with Gasteiger partial charge in [0.2, 0.25) is 5.91 Å². The van der Waals surface area contributed by atoms with Gasteiger partial charge in [-0.05, 0) is 42.0 Å². The highest BCUT2D eigenvalue weighted by atomic mass is 35.5. The number of carbonyl (C=O) groups is 3. The maximum absolute atomic E-state index is 12.9. The average molecular weight is 379 g/mol. The summed E-state index contributed by atoms with van der Waals surface area (Å²) in [5.74, 6) is -2.59. The number of carbonyl (C=O) groups excluding carboxylic acids is 3. The molecule has 2 rings (SSSR count). The molecule has 0 heterocycles. The van der Waals surface area contributed by atoms with Crippen LogP contribution in [0.15, 0.2) is 48.5 Å². The van der Waals surface area contributed by atoms with Crippen molar-refractivity contribution in [1.29, 1.82) is 0 Å². The number of ether oxygens (including phenoxy) is 1. The van der Waals surface area contributed by atoms with Crippen LogP contribution in [0.5, 0.6) is 0 Å². The number of nitrogens with two attached hydrogens (primary N) is 1. The molecule has 0 bridgehead atoms. The Labute approximate surface area is 154 Å². The van der Waals surface area contributed by atoms with E-state index in [9.17, 15) is 18.8 Å². The van der Waals surface area contributed by atoms with Gasteiger partial charge >= 0.3 is 5.97 Å². The number of esters is 1. The number of rotatable bonds is 7. The van der Waals surface area contributed by atoms with E-state index >= 15 is 0 Å². The van der Waals surface area contributed by atoms with E-state index in [1.807, 2.05) is 0 Å². The second kappa shape index (κ2) is 8.96. The summed E-state index contributed by atoms with van der Waals surface area (Å²) in [7, 11) is 0. The number of halogens is 2. The Kier molecular flexibility index (Phi) is 6.68. The number of amides is 2. The predicted molar refractivity (Wildman–Crippen MR) is 92.7 cm³/mol. The molecule has 6 nitrogen and oxygen atoms in total. The number of primary amides is 1. The minimum absolute atomic E-state index is 0.134. The lowest BCUT2D eigenvalue weighted by Gasteiger charge is -2.16. The van der Waals surface area contributed by atoms with Crippen molar-refractivity contribution in [2.75, 3.05) is 0 Å². The van der Waals surface area contributed by atoms with Crippen LogP contribution in [-0.2, 0) is 20.9 Å². The largest absolute Gasteiger partial charge is 0.459 e. The molecular weight excluding hydrogens is 363 g/mol. The van der Waals surface area contributed by atoms with E-state index in [-0.39, 0.29) is 12.2 Å². The smallest absolute Gasteiger partial charge is 0.329 e. The van der Waals surface area contributed by atoms with Gasteiger partial charge in [-0.2, -0.15) is 0 Å². The fourth-order valence-electron chi connectivity index (χ4n) is 2.07. The van der Waals surface area contributed by atoms with Crippen molar-refractivity contribution >= 4 is 29.4 Å². The van der Waals surface area contributed by atoms with E-state index in [0.29, 0.717) is 10.6 Å². The number of nitrogens with one attached hydrogen (secondary N) is 1. The first kappa shape index (κ1) is 19.4. The first-order valence-corrected chi connectivity index (χ1v) is 7.99. The predicted octanol–water partition coefficient (Wildman–Crippen LogP) is 2.20. The molecule has 3 N–H and O–H groups in total. The summed E-state index contributed by atoms with van der Waals surface area (Å²) in [4.78, 5) is 35.6. The minimum atomic E-state index is -1.24. The minimum Gasteiger partial charge on any atom is -0.459 e. The van der Waals surface area contributed by atoms with E-state index in [2.05, 4.69) is 5.32 Å². The summed E-state index contributed by atoms with van der Waals surface area (Å²) in [6.07, 6.45) is -0.415. The van der Waals surface area contributed by atoms with E-state index in [1.165, 1.54) is 48.5 Å². The number of hydrogen-bond acceptors (Lipinski definition) is 4. The Morgan fingerprint density at radius 2 is 1.69 bits per heavy atom. The molecule has 0 aliphatic rings. The highest BCUT2D eigenvalue weighted by molar-refractivity contribution is 6.30. The normalized spacial score (nSPS) is 11.5. The Hall–Kier alpha value is -2.93. The Balaban J connectivity index is 2.01. The molecule has 1 atom stereocenters. The zero-order chi connectivity index (χ0) is 19.1. The van der Waals surface area contributed by atoms with Gasteiger partial charge in [-0.15, -0.1) is 0 Å². The van der Waals surface area contributed by atoms with E-state index in [1.54, 1.807) is 0 Å². The monoisotopic (exact) mass is 378 g/mol. The zero-order valence-electron chi connectivity index (χ0n) is 13.6. The second-order valence-electron chi connectivity index (χ2n) is 5.44. The molecule has 0 aliphatic heterocycles. The SMILES string of the molecule is NC(=O)CC(NC(=O)c1ccc(Cl)cc1)C(=O)OCc1ccc(F)cc1. The maximum atomic E-state index is 12.9. The number of hydrogen-bond donors (Lipinski definition) is 2. The van der Waals surface area contributed by atoms with Gasteiger partial charge in [-0.25, -0.2) is 9.18 Å². The van der Waals surface area contributed by atoms with Crippen molar-refractivity contribution in [1.82, 2.24) is 5.32 Å². The van der Waals surface area contributed by atoms with Gasteiger partial charge in [-0.3, -0.25) is 9.59 Å². The topological polar surface area (TPSA) is 98.5 Å². The van der Waals surface area contributed by atoms with Gasteiger partial charge in [-0.1, -0.05) is 23.7 Å². The Morgan fingerprint density at radius 1 is 1.08 bits per heavy atom.